The van der Waals surface area contributed by atoms with Crippen molar-refractivity contribution in [2.75, 3.05) is 13.7 Å². The van der Waals surface area contributed by atoms with Gasteiger partial charge in [-0.1, -0.05) is 43.2 Å². The molecule has 5 nitrogen and oxygen atoms in total. The molecule has 0 aromatic heterocycles. The highest BCUT2D eigenvalue weighted by Gasteiger charge is 2.26. The molecule has 1 N–H and O–H groups in total. The lowest BCUT2D eigenvalue weighted by molar-refractivity contribution is -0.140. The first kappa shape index (κ1) is 18.8. The molecule has 1 aliphatic rings. The Balaban J connectivity index is 1.49. The zero-order valence-electron chi connectivity index (χ0n) is 15.4. The number of hydrogen-bond acceptors (Lipinski definition) is 4. The molecule has 0 spiro atoms. The fourth-order valence-corrected chi connectivity index (χ4v) is 3.32. The highest BCUT2D eigenvalue weighted by atomic mass is 16.5. The van der Waals surface area contributed by atoms with E-state index in [2.05, 4.69) is 10.1 Å². The number of ketones is 1. The van der Waals surface area contributed by atoms with Crippen LogP contribution in [0.4, 0.5) is 0 Å². The molecule has 140 valence electrons. The molecule has 0 fully saturated rings. The molecule has 0 radical (unpaired) electrons. The van der Waals surface area contributed by atoms with Gasteiger partial charge in [-0.2, -0.15) is 0 Å². The molecular formula is C22H23NO4. The fourth-order valence-electron chi connectivity index (χ4n) is 3.32. The van der Waals surface area contributed by atoms with Crippen LogP contribution in [0.3, 0.4) is 0 Å². The molecule has 0 heterocycles. The van der Waals surface area contributed by atoms with Gasteiger partial charge in [0, 0.05) is 29.7 Å². The molecule has 0 saturated carbocycles. The van der Waals surface area contributed by atoms with Crippen LogP contribution in [-0.2, 0) is 9.53 Å². The van der Waals surface area contributed by atoms with Gasteiger partial charge in [0.2, 0.25) is 0 Å². The molecule has 0 aliphatic heterocycles. The number of ether oxygens (including phenoxy) is 1. The normalized spacial score (nSPS) is 11.7. The second kappa shape index (κ2) is 8.62. The standard InChI is InChI=1S/C22H23NO4/c1-27-20(24)10-4-2-3-7-13-23-22(26)15-11-12-17-16-8-5-6-9-18(16)21(25)19(17)14-15/h5-6,8-9,11-12,14H,2-4,7,10,13H2,1H3,(H,23,26). The minimum Gasteiger partial charge on any atom is -0.469 e. The van der Waals surface area contributed by atoms with Gasteiger partial charge in [-0.3, -0.25) is 14.4 Å². The number of carbonyl (C=O) groups excluding carboxylic acids is 3. The Morgan fingerprint density at radius 1 is 0.889 bits per heavy atom. The number of rotatable bonds is 8. The third kappa shape index (κ3) is 4.25. The van der Waals surface area contributed by atoms with Gasteiger partial charge in [-0.25, -0.2) is 0 Å². The number of fused-ring (bicyclic) bond motifs is 3. The first-order chi connectivity index (χ1) is 13.1. The van der Waals surface area contributed by atoms with Gasteiger partial charge in [0.05, 0.1) is 7.11 Å². The number of methoxy groups -OCH3 is 1. The maximum atomic E-state index is 12.5. The Morgan fingerprint density at radius 3 is 2.37 bits per heavy atom. The number of amides is 1. The van der Waals surface area contributed by atoms with Gasteiger partial charge >= 0.3 is 5.97 Å². The average molecular weight is 365 g/mol. The SMILES string of the molecule is COC(=O)CCCCCCNC(=O)c1ccc2c(c1)C(=O)c1ccccc1-2. The monoisotopic (exact) mass is 365 g/mol. The molecule has 2 aromatic carbocycles. The molecule has 1 aliphatic carbocycles. The van der Waals surface area contributed by atoms with E-state index < -0.39 is 0 Å². The van der Waals surface area contributed by atoms with Crippen molar-refractivity contribution in [1.29, 1.82) is 0 Å². The molecule has 0 saturated heterocycles. The van der Waals surface area contributed by atoms with Crippen LogP contribution in [0.2, 0.25) is 0 Å². The lowest BCUT2D eigenvalue weighted by Crippen LogP contribution is -2.24. The summed E-state index contributed by atoms with van der Waals surface area (Å²) in [7, 11) is 1.39. The summed E-state index contributed by atoms with van der Waals surface area (Å²) in [6.07, 6.45) is 3.95. The summed E-state index contributed by atoms with van der Waals surface area (Å²) >= 11 is 0. The largest absolute Gasteiger partial charge is 0.469 e. The van der Waals surface area contributed by atoms with E-state index >= 15 is 0 Å². The van der Waals surface area contributed by atoms with Gasteiger partial charge in [-0.05, 0) is 36.1 Å². The quantitative estimate of drug-likeness (QED) is 0.487. The summed E-state index contributed by atoms with van der Waals surface area (Å²) in [4.78, 5) is 35.9. The smallest absolute Gasteiger partial charge is 0.305 e. The summed E-state index contributed by atoms with van der Waals surface area (Å²) in [5.41, 5.74) is 3.60. The van der Waals surface area contributed by atoms with E-state index in [0.717, 1.165) is 36.8 Å². The van der Waals surface area contributed by atoms with Crippen molar-refractivity contribution in [2.45, 2.75) is 32.1 Å². The number of benzene rings is 2. The van der Waals surface area contributed by atoms with Gasteiger partial charge in [0.15, 0.2) is 5.78 Å². The Hall–Kier alpha value is -2.95. The van der Waals surface area contributed by atoms with Crippen LogP contribution in [-0.4, -0.2) is 31.3 Å². The molecule has 1 amide bonds. The Bertz CT molecular complexity index is 872. The second-order valence-electron chi connectivity index (χ2n) is 6.63. The van der Waals surface area contributed by atoms with Crippen molar-refractivity contribution in [3.8, 4) is 11.1 Å². The first-order valence-electron chi connectivity index (χ1n) is 9.25. The van der Waals surface area contributed by atoms with E-state index in [9.17, 15) is 14.4 Å². The van der Waals surface area contributed by atoms with Crippen LogP contribution >= 0.6 is 0 Å². The molecule has 27 heavy (non-hydrogen) atoms. The minimum absolute atomic E-state index is 0.0270. The number of carbonyl (C=O) groups is 3. The van der Waals surface area contributed by atoms with Crippen molar-refractivity contribution in [1.82, 2.24) is 5.32 Å². The van der Waals surface area contributed by atoms with E-state index in [0.29, 0.717) is 29.7 Å². The maximum absolute atomic E-state index is 12.5. The third-order valence-corrected chi connectivity index (χ3v) is 4.81. The van der Waals surface area contributed by atoms with E-state index in [1.807, 2.05) is 30.3 Å². The van der Waals surface area contributed by atoms with Gasteiger partial charge in [0.1, 0.15) is 0 Å². The van der Waals surface area contributed by atoms with Crippen molar-refractivity contribution in [2.24, 2.45) is 0 Å². The Morgan fingerprint density at radius 2 is 1.59 bits per heavy atom. The van der Waals surface area contributed by atoms with Crippen LogP contribution in [0.25, 0.3) is 11.1 Å². The van der Waals surface area contributed by atoms with Gasteiger partial charge in [-0.15, -0.1) is 0 Å². The highest BCUT2D eigenvalue weighted by molar-refractivity contribution is 6.22. The summed E-state index contributed by atoms with van der Waals surface area (Å²) in [5, 5.41) is 2.90. The summed E-state index contributed by atoms with van der Waals surface area (Å²) in [6.45, 7) is 0.572. The Kier molecular flexibility index (Phi) is 6.01. The van der Waals surface area contributed by atoms with Crippen LogP contribution in [0.1, 0.15) is 58.4 Å². The molecule has 0 unspecified atom stereocenters. The van der Waals surface area contributed by atoms with Gasteiger partial charge < -0.3 is 10.1 Å². The van der Waals surface area contributed by atoms with E-state index in [1.54, 1.807) is 12.1 Å². The molecule has 5 heteroatoms. The van der Waals surface area contributed by atoms with Crippen LogP contribution in [0, 0.1) is 0 Å². The predicted molar refractivity (Wildman–Crippen MR) is 103 cm³/mol. The van der Waals surface area contributed by atoms with E-state index in [1.165, 1.54) is 7.11 Å². The lowest BCUT2D eigenvalue weighted by Gasteiger charge is -2.07. The predicted octanol–water partition coefficient (Wildman–Crippen LogP) is 3.75. The van der Waals surface area contributed by atoms with Crippen LogP contribution < -0.4 is 5.32 Å². The third-order valence-electron chi connectivity index (χ3n) is 4.81. The van der Waals surface area contributed by atoms with Crippen molar-refractivity contribution in [3.05, 3.63) is 59.2 Å². The van der Waals surface area contributed by atoms with Crippen LogP contribution in [0.5, 0.6) is 0 Å². The van der Waals surface area contributed by atoms with Crippen molar-refractivity contribution < 1.29 is 19.1 Å². The van der Waals surface area contributed by atoms with Crippen molar-refractivity contribution in [3.63, 3.8) is 0 Å². The summed E-state index contributed by atoms with van der Waals surface area (Å²) < 4.78 is 4.60. The first-order valence-corrected chi connectivity index (χ1v) is 9.25. The zero-order valence-corrected chi connectivity index (χ0v) is 15.4. The molecule has 0 atom stereocenters. The number of unbranched alkanes of at least 4 members (excludes halogenated alkanes) is 3. The highest BCUT2D eigenvalue weighted by Crippen LogP contribution is 2.36. The van der Waals surface area contributed by atoms with Gasteiger partial charge in [0.25, 0.3) is 5.91 Å². The maximum Gasteiger partial charge on any atom is 0.305 e. The topological polar surface area (TPSA) is 72.5 Å². The van der Waals surface area contributed by atoms with Crippen LogP contribution in [0.15, 0.2) is 42.5 Å². The second-order valence-corrected chi connectivity index (χ2v) is 6.63. The molecule has 0 bridgehead atoms. The number of esters is 1. The van der Waals surface area contributed by atoms with Crippen molar-refractivity contribution >= 4 is 17.7 Å². The molecule has 2 aromatic rings. The zero-order chi connectivity index (χ0) is 19.2. The number of nitrogens with one attached hydrogen (secondary N) is 1. The van der Waals surface area contributed by atoms with E-state index in [-0.39, 0.29) is 17.7 Å². The average Bonchev–Trinajstić information content (AvgIpc) is 2.99. The molecule has 3 rings (SSSR count). The summed E-state index contributed by atoms with van der Waals surface area (Å²) in [5.74, 6) is -0.381. The molecular weight excluding hydrogens is 342 g/mol. The minimum atomic E-state index is -0.184. The van der Waals surface area contributed by atoms with E-state index in [4.69, 9.17) is 0 Å². The lowest BCUT2D eigenvalue weighted by atomic mass is 10.0. The fraction of sp³-hybridized carbons (Fsp3) is 0.318. The Labute approximate surface area is 158 Å². The summed E-state index contributed by atoms with van der Waals surface area (Å²) in [6, 6.07) is 12.8. The number of hydrogen-bond donors (Lipinski definition) is 1.